The lowest BCUT2D eigenvalue weighted by Gasteiger charge is -2.02. The first-order valence-corrected chi connectivity index (χ1v) is 5.16. The predicted octanol–water partition coefficient (Wildman–Crippen LogP) is -1.13. The molecule has 0 unspecified atom stereocenters. The second-order valence-corrected chi connectivity index (χ2v) is 4.96. The molecule has 0 aliphatic heterocycles. The molecule has 9 heteroatoms. The second-order valence-electron chi connectivity index (χ2n) is 1.62. The van der Waals surface area contributed by atoms with E-state index >= 15 is 0 Å². The fraction of sp³-hybridized carbons (Fsp3) is 1.00. The number of nitrogens with two attached hydrogens (primary N) is 1. The van der Waals surface area contributed by atoms with Crippen LogP contribution >= 0.6 is 0 Å². The normalized spacial score (nSPS) is 13.8. The van der Waals surface area contributed by atoms with Crippen molar-refractivity contribution < 1.29 is 24.6 Å². The Morgan fingerprint density at radius 3 is 1.36 bits per heavy atom. The summed E-state index contributed by atoms with van der Waals surface area (Å²) in [5, 5.41) is 0. The molecule has 0 aromatic heterocycles. The monoisotopic (exact) mass is 209 g/mol. The first kappa shape index (κ1) is 10.7. The minimum Gasteiger partial charge on any atom is -0.328 e. The van der Waals surface area contributed by atoms with Gasteiger partial charge in [-0.2, -0.15) is 16.8 Å². The van der Waals surface area contributed by atoms with Crippen LogP contribution in [0.15, 0.2) is 0 Å². The van der Waals surface area contributed by atoms with Gasteiger partial charge in [0.2, 0.25) is 4.58 Å². The van der Waals surface area contributed by atoms with Gasteiger partial charge in [0.15, 0.2) is 0 Å². The van der Waals surface area contributed by atoms with Gasteiger partial charge in [0.25, 0.3) is 0 Å². The van der Waals surface area contributed by atoms with Crippen molar-refractivity contribution in [3.63, 3.8) is 0 Å². The zero-order valence-corrected chi connectivity index (χ0v) is 6.70. The third kappa shape index (κ3) is 3.08. The smallest absolute Gasteiger partial charge is 0.323 e. The summed E-state index contributed by atoms with van der Waals surface area (Å²) in [6, 6.07) is 0. The Hall–Kier alpha value is -0.280. The number of hydrogen-bond donors (Lipinski definition) is 1. The van der Waals surface area contributed by atoms with Crippen molar-refractivity contribution in [2.75, 3.05) is 6.54 Å². The molecular weight excluding hydrogens is 204 g/mol. The lowest BCUT2D eigenvalue weighted by Crippen LogP contribution is -2.32. The molecule has 0 amide bonds. The van der Waals surface area contributed by atoms with Gasteiger partial charge in [0.1, 0.15) is 0 Å². The van der Waals surface area contributed by atoms with Crippen molar-refractivity contribution >= 4 is 20.4 Å². The highest BCUT2D eigenvalue weighted by molar-refractivity contribution is 8.04. The van der Waals surface area contributed by atoms with Crippen LogP contribution in [-0.4, -0.2) is 28.0 Å². The van der Waals surface area contributed by atoms with E-state index in [0.29, 0.717) is 0 Å². The quantitative estimate of drug-likeness (QED) is 0.593. The van der Waals surface area contributed by atoms with Gasteiger partial charge in [0, 0.05) is 6.54 Å². The predicted molar refractivity (Wildman–Crippen MR) is 32.9 cm³/mol. The van der Waals surface area contributed by atoms with Gasteiger partial charge >= 0.3 is 20.4 Å². The SMILES string of the molecule is NCC(S(=O)(=O)F)S(=O)(=O)F. The van der Waals surface area contributed by atoms with Crippen LogP contribution in [0.3, 0.4) is 0 Å². The third-order valence-corrected chi connectivity index (χ3v) is 3.84. The molecular formula is C2H5F2NO4S2. The van der Waals surface area contributed by atoms with Crippen LogP contribution < -0.4 is 5.73 Å². The average Bonchev–Trinajstić information content (AvgIpc) is 1.56. The van der Waals surface area contributed by atoms with E-state index in [0.717, 1.165) is 0 Å². The standard InChI is InChI=1S/C2H5F2NO4S2/c3-10(6,7)2(1-5)11(4,8)9/h2H,1,5H2. The number of rotatable bonds is 3. The van der Waals surface area contributed by atoms with Crippen LogP contribution in [0.2, 0.25) is 0 Å². The molecule has 5 nitrogen and oxygen atoms in total. The van der Waals surface area contributed by atoms with E-state index in [1.54, 1.807) is 0 Å². The fourth-order valence-corrected chi connectivity index (χ4v) is 1.93. The van der Waals surface area contributed by atoms with Gasteiger partial charge in [-0.25, -0.2) is 0 Å². The summed E-state index contributed by atoms with van der Waals surface area (Å²) in [7, 11) is -10.9. The summed E-state index contributed by atoms with van der Waals surface area (Å²) in [5.74, 6) is 0. The van der Waals surface area contributed by atoms with Crippen molar-refractivity contribution in [1.29, 1.82) is 0 Å². The Balaban J connectivity index is 5.05. The molecule has 0 aliphatic rings. The maximum atomic E-state index is 11.8. The Bertz CT molecular complexity index is 286. The van der Waals surface area contributed by atoms with Crippen molar-refractivity contribution in [2.24, 2.45) is 5.73 Å². The van der Waals surface area contributed by atoms with Crippen LogP contribution in [0, 0.1) is 0 Å². The molecule has 0 aromatic rings. The zero-order valence-electron chi connectivity index (χ0n) is 5.07. The zero-order chi connectivity index (χ0) is 9.28. The maximum Gasteiger partial charge on any atom is 0.323 e. The van der Waals surface area contributed by atoms with Crippen molar-refractivity contribution in [3.05, 3.63) is 0 Å². The Morgan fingerprint density at radius 2 is 1.36 bits per heavy atom. The lowest BCUT2D eigenvalue weighted by atomic mass is 10.8. The molecule has 0 spiro atoms. The van der Waals surface area contributed by atoms with E-state index in [4.69, 9.17) is 0 Å². The van der Waals surface area contributed by atoms with Crippen LogP contribution in [0.5, 0.6) is 0 Å². The number of hydrogen-bond acceptors (Lipinski definition) is 5. The molecule has 0 radical (unpaired) electrons. The van der Waals surface area contributed by atoms with Crippen molar-refractivity contribution in [2.45, 2.75) is 4.58 Å². The summed E-state index contributed by atoms with van der Waals surface area (Å²) >= 11 is 0. The third-order valence-electron chi connectivity index (χ3n) is 0.820. The van der Waals surface area contributed by atoms with Gasteiger partial charge < -0.3 is 5.73 Å². The molecule has 0 bridgehead atoms. The van der Waals surface area contributed by atoms with Crippen molar-refractivity contribution in [3.8, 4) is 0 Å². The van der Waals surface area contributed by atoms with E-state index in [-0.39, 0.29) is 0 Å². The van der Waals surface area contributed by atoms with Crippen LogP contribution in [-0.2, 0) is 20.4 Å². The molecule has 0 saturated carbocycles. The van der Waals surface area contributed by atoms with Gasteiger partial charge in [-0.15, -0.1) is 7.77 Å². The molecule has 68 valence electrons. The molecule has 2 N–H and O–H groups in total. The highest BCUT2D eigenvalue weighted by Gasteiger charge is 2.36. The molecule has 0 atom stereocenters. The van der Waals surface area contributed by atoms with E-state index in [9.17, 15) is 24.6 Å². The Kier molecular flexibility index (Phi) is 2.91. The summed E-state index contributed by atoms with van der Waals surface area (Å²) in [5.41, 5.74) is 4.51. The summed E-state index contributed by atoms with van der Waals surface area (Å²) in [6.07, 6.45) is 0. The summed E-state index contributed by atoms with van der Waals surface area (Å²) < 4.78 is 60.2. The van der Waals surface area contributed by atoms with E-state index in [2.05, 4.69) is 5.73 Å². The Labute approximate surface area is 62.6 Å². The molecule has 0 aliphatic carbocycles. The molecule has 0 fully saturated rings. The first-order chi connectivity index (χ1) is 4.69. The minimum absolute atomic E-state index is 1.14. The van der Waals surface area contributed by atoms with Gasteiger partial charge in [-0.3, -0.25) is 0 Å². The van der Waals surface area contributed by atoms with Crippen LogP contribution in [0.1, 0.15) is 0 Å². The fourth-order valence-electron chi connectivity index (χ4n) is 0.367. The number of halogens is 2. The minimum atomic E-state index is -5.46. The first-order valence-electron chi connectivity index (χ1n) is 2.26. The van der Waals surface area contributed by atoms with Gasteiger partial charge in [-0.1, -0.05) is 0 Å². The van der Waals surface area contributed by atoms with Crippen LogP contribution in [0.25, 0.3) is 0 Å². The van der Waals surface area contributed by atoms with Gasteiger partial charge in [-0.05, 0) is 0 Å². The van der Waals surface area contributed by atoms with Crippen molar-refractivity contribution in [1.82, 2.24) is 0 Å². The molecule has 11 heavy (non-hydrogen) atoms. The highest BCUT2D eigenvalue weighted by Crippen LogP contribution is 2.11. The lowest BCUT2D eigenvalue weighted by molar-refractivity contribution is 0.525. The van der Waals surface area contributed by atoms with Gasteiger partial charge in [0.05, 0.1) is 0 Å². The Morgan fingerprint density at radius 1 is 1.09 bits per heavy atom. The van der Waals surface area contributed by atoms with Crippen LogP contribution in [0.4, 0.5) is 7.77 Å². The van der Waals surface area contributed by atoms with E-state index < -0.39 is 31.6 Å². The average molecular weight is 209 g/mol. The second kappa shape index (κ2) is 2.99. The highest BCUT2D eigenvalue weighted by atomic mass is 32.3. The van der Waals surface area contributed by atoms with E-state index in [1.165, 1.54) is 0 Å². The maximum absolute atomic E-state index is 11.8. The molecule has 0 heterocycles. The summed E-state index contributed by atoms with van der Waals surface area (Å²) in [4.78, 5) is 0. The topological polar surface area (TPSA) is 94.3 Å². The molecule has 0 saturated heterocycles. The molecule has 0 rings (SSSR count). The molecule has 0 aromatic carbocycles. The summed E-state index contributed by atoms with van der Waals surface area (Å²) in [6.45, 7) is -1.14. The van der Waals surface area contributed by atoms with E-state index in [1.807, 2.05) is 0 Å². The largest absolute Gasteiger partial charge is 0.328 e.